The summed E-state index contributed by atoms with van der Waals surface area (Å²) in [6, 6.07) is 0. The summed E-state index contributed by atoms with van der Waals surface area (Å²) in [7, 11) is 1.50. The molecule has 13 heavy (non-hydrogen) atoms. The average Bonchev–Trinajstić information content (AvgIpc) is 2.59. The molecule has 0 N–H and O–H groups in total. The van der Waals surface area contributed by atoms with Crippen molar-refractivity contribution in [2.45, 2.75) is 36.9 Å². The second-order valence-electron chi connectivity index (χ2n) is 3.57. The second kappa shape index (κ2) is 3.85. The molecule has 72 valence electrons. The van der Waals surface area contributed by atoms with Crippen LogP contribution in [0.1, 0.15) is 32.1 Å². The number of ether oxygens (including phenoxy) is 1. The molecule has 1 heterocycles. The Morgan fingerprint density at radius 1 is 1.46 bits per heavy atom. The summed E-state index contributed by atoms with van der Waals surface area (Å²) in [5.41, 5.74) is 1.58. The molecule has 0 fully saturated rings. The molecule has 0 amide bonds. The van der Waals surface area contributed by atoms with Crippen molar-refractivity contribution in [3.63, 3.8) is 0 Å². The first-order valence-corrected chi connectivity index (χ1v) is 6.61. The van der Waals surface area contributed by atoms with Crippen molar-refractivity contribution in [1.29, 1.82) is 0 Å². The predicted octanol–water partition coefficient (Wildman–Crippen LogP) is 1.88. The Bertz CT molecular complexity index is 240. The second-order valence-corrected chi connectivity index (χ2v) is 6.29. The van der Waals surface area contributed by atoms with Gasteiger partial charge in [0.1, 0.15) is 0 Å². The van der Waals surface area contributed by atoms with Gasteiger partial charge in [-0.15, -0.1) is 0 Å². The van der Waals surface area contributed by atoms with E-state index in [4.69, 9.17) is 4.74 Å². The maximum atomic E-state index is 11.3. The third-order valence-electron chi connectivity index (χ3n) is 2.71. The third-order valence-corrected chi connectivity index (χ3v) is 5.69. The topological polar surface area (TPSA) is 26.3 Å². The molecular weight excluding hydrogens is 231 g/mol. The van der Waals surface area contributed by atoms with Gasteiger partial charge in [0.25, 0.3) is 0 Å². The third kappa shape index (κ3) is 1.82. The van der Waals surface area contributed by atoms with Crippen molar-refractivity contribution in [1.82, 2.24) is 0 Å². The first kappa shape index (κ1) is 9.29. The van der Waals surface area contributed by atoms with E-state index in [2.05, 4.69) is 0 Å². The van der Waals surface area contributed by atoms with Gasteiger partial charge in [0, 0.05) is 0 Å². The van der Waals surface area contributed by atoms with Crippen LogP contribution in [-0.2, 0) is 9.53 Å². The first-order chi connectivity index (χ1) is 6.31. The predicted molar refractivity (Wildman–Crippen MR) is 51.6 cm³/mol. The van der Waals surface area contributed by atoms with Gasteiger partial charge in [0.15, 0.2) is 0 Å². The van der Waals surface area contributed by atoms with E-state index in [1.54, 1.807) is 10.0 Å². The number of rotatable bonds is 1. The van der Waals surface area contributed by atoms with Crippen molar-refractivity contribution < 1.29 is 9.53 Å². The Morgan fingerprint density at radius 2 is 2.23 bits per heavy atom. The number of esters is 1. The van der Waals surface area contributed by atoms with E-state index < -0.39 is 0 Å². The molecule has 3 heteroatoms. The number of carbonyl (C=O) groups excluding carboxylic acids is 1. The fraction of sp³-hybridized carbons (Fsp3) is 0.700. The van der Waals surface area contributed by atoms with Gasteiger partial charge in [0.05, 0.1) is 0 Å². The van der Waals surface area contributed by atoms with Gasteiger partial charge in [-0.05, 0) is 0 Å². The van der Waals surface area contributed by atoms with Gasteiger partial charge >= 0.3 is 84.5 Å². The molecule has 0 aromatic carbocycles. The summed E-state index contributed by atoms with van der Waals surface area (Å²) < 4.78 is 6.41. The molecule has 1 atom stereocenters. The number of carbonyl (C=O) groups is 1. The Balaban J connectivity index is 2.01. The van der Waals surface area contributed by atoms with E-state index in [-0.39, 0.29) is 10.8 Å². The van der Waals surface area contributed by atoms with E-state index >= 15 is 0 Å². The van der Waals surface area contributed by atoms with Crippen molar-refractivity contribution in [2.24, 2.45) is 0 Å². The number of hydrogen-bond acceptors (Lipinski definition) is 2. The monoisotopic (exact) mass is 246 g/mol. The quantitative estimate of drug-likeness (QED) is 0.521. The van der Waals surface area contributed by atoms with E-state index in [0.29, 0.717) is 15.0 Å². The van der Waals surface area contributed by atoms with Crippen LogP contribution in [0.5, 0.6) is 0 Å². The summed E-state index contributed by atoms with van der Waals surface area (Å²) in [5.74, 6) is 0.00870. The van der Waals surface area contributed by atoms with Crippen LogP contribution in [0.15, 0.2) is 10.0 Å². The molecule has 0 saturated carbocycles. The number of hydrogen-bond donors (Lipinski definition) is 0. The minimum absolute atomic E-state index is 0.00870. The zero-order valence-electron chi connectivity index (χ0n) is 7.84. The fourth-order valence-electron chi connectivity index (χ4n) is 2.00. The van der Waals surface area contributed by atoms with E-state index in [1.807, 2.05) is 0 Å². The van der Waals surface area contributed by atoms with Gasteiger partial charge in [-0.1, -0.05) is 0 Å². The molecule has 0 saturated heterocycles. The minimum atomic E-state index is 0.00870. The summed E-state index contributed by atoms with van der Waals surface area (Å²) in [6.45, 7) is 0. The van der Waals surface area contributed by atoms with Crippen LogP contribution in [0, 0.1) is 0 Å². The van der Waals surface area contributed by atoms with Crippen LogP contribution in [0.25, 0.3) is 0 Å². The van der Waals surface area contributed by atoms with E-state index in [0.717, 1.165) is 6.42 Å². The standard InChI is InChI=1S/C10H14O2Se/c1-12-10(11)9-6-7-4-2-3-5-8(7)13-9/h9H,2-6H2,1H3. The molecule has 0 radical (unpaired) electrons. The molecule has 2 aliphatic rings. The first-order valence-electron chi connectivity index (χ1n) is 4.76. The number of methoxy groups -OCH3 is 1. The van der Waals surface area contributed by atoms with Crippen LogP contribution in [0.3, 0.4) is 0 Å². The van der Waals surface area contributed by atoms with E-state index in [1.165, 1.54) is 32.8 Å². The molecule has 2 nitrogen and oxygen atoms in total. The normalized spacial score (nSPS) is 27.3. The number of allylic oxidation sites excluding steroid dienone is 2. The van der Waals surface area contributed by atoms with Gasteiger partial charge < -0.3 is 0 Å². The fourth-order valence-corrected chi connectivity index (χ4v) is 5.01. The van der Waals surface area contributed by atoms with Gasteiger partial charge in [-0.25, -0.2) is 0 Å². The van der Waals surface area contributed by atoms with Crippen molar-refractivity contribution in [3.8, 4) is 0 Å². The molecule has 1 aliphatic carbocycles. The zero-order valence-corrected chi connectivity index (χ0v) is 9.55. The summed E-state index contributed by atoms with van der Waals surface area (Å²) >= 11 is 0.406. The molecule has 0 bridgehead atoms. The Kier molecular flexibility index (Phi) is 2.75. The summed E-state index contributed by atoms with van der Waals surface area (Å²) in [6.07, 6.45) is 6.15. The average molecular weight is 245 g/mol. The van der Waals surface area contributed by atoms with Crippen LogP contribution in [0.2, 0.25) is 4.82 Å². The molecule has 0 spiro atoms. The SMILES string of the molecule is COC(=O)C1CC2=C(CCCC2)[Se]1. The summed E-state index contributed by atoms with van der Waals surface area (Å²) in [4.78, 5) is 11.5. The van der Waals surface area contributed by atoms with E-state index in [9.17, 15) is 4.79 Å². The Morgan fingerprint density at radius 3 is 2.92 bits per heavy atom. The molecular formula is C10H14O2Se. The molecule has 0 aromatic heterocycles. The molecule has 1 aliphatic heterocycles. The zero-order chi connectivity index (χ0) is 9.26. The van der Waals surface area contributed by atoms with Crippen molar-refractivity contribution in [2.75, 3.05) is 7.11 Å². The molecule has 0 aromatic rings. The molecule has 1 unspecified atom stereocenters. The van der Waals surface area contributed by atoms with Crippen molar-refractivity contribution >= 4 is 20.9 Å². The Hall–Kier alpha value is -0.271. The van der Waals surface area contributed by atoms with Crippen LogP contribution >= 0.6 is 0 Å². The van der Waals surface area contributed by atoms with Crippen LogP contribution in [-0.4, -0.2) is 28.0 Å². The summed E-state index contributed by atoms with van der Waals surface area (Å²) in [5, 5.41) is 0. The van der Waals surface area contributed by atoms with Crippen molar-refractivity contribution in [3.05, 3.63) is 10.0 Å². The Labute approximate surface area is 84.9 Å². The van der Waals surface area contributed by atoms with Gasteiger partial charge in [-0.2, -0.15) is 0 Å². The maximum absolute atomic E-state index is 11.3. The van der Waals surface area contributed by atoms with Crippen LogP contribution < -0.4 is 0 Å². The van der Waals surface area contributed by atoms with Crippen LogP contribution in [0.4, 0.5) is 0 Å². The molecule has 2 rings (SSSR count). The van der Waals surface area contributed by atoms with Gasteiger partial charge in [-0.3, -0.25) is 0 Å². The van der Waals surface area contributed by atoms with Gasteiger partial charge in [0.2, 0.25) is 0 Å².